The lowest BCUT2D eigenvalue weighted by atomic mass is 9.78. The van der Waals surface area contributed by atoms with Gasteiger partial charge in [0.25, 0.3) is 0 Å². The predicted molar refractivity (Wildman–Crippen MR) is 132 cm³/mol. The van der Waals surface area contributed by atoms with Crippen molar-refractivity contribution in [2.45, 2.75) is 19.3 Å². The summed E-state index contributed by atoms with van der Waals surface area (Å²) in [6.07, 6.45) is 1.55. The Hall–Kier alpha value is -3.89. The Kier molecular flexibility index (Phi) is 5.68. The molecule has 0 aromatic heterocycles. The van der Waals surface area contributed by atoms with Crippen molar-refractivity contribution < 1.29 is 20.1 Å². The van der Waals surface area contributed by atoms with Crippen LogP contribution in [0.25, 0.3) is 11.1 Å². The standard InChI is InChI=1S/C30H26O4/c31-19-30(17-21-6-10-25(32)11-7-21)18-28-24(14-20-4-2-1-3-5-20)15-23(16-27(28)29(30)34)22-8-12-26(33)13-9-22/h1-13,15-16,31-33H,14,17-19H2. The summed E-state index contributed by atoms with van der Waals surface area (Å²) >= 11 is 0. The molecule has 0 saturated carbocycles. The molecule has 4 aromatic carbocycles. The minimum absolute atomic E-state index is 0.0481. The molecule has 0 amide bonds. The number of ketones is 1. The number of fused-ring (bicyclic) bond motifs is 1. The van der Waals surface area contributed by atoms with Gasteiger partial charge < -0.3 is 15.3 Å². The number of hydrogen-bond acceptors (Lipinski definition) is 4. The molecule has 4 nitrogen and oxygen atoms in total. The molecule has 0 aliphatic heterocycles. The number of aromatic hydroxyl groups is 2. The van der Waals surface area contributed by atoms with Crippen molar-refractivity contribution in [2.75, 3.05) is 6.61 Å². The molecule has 4 aromatic rings. The first-order valence-electron chi connectivity index (χ1n) is 11.4. The maximum Gasteiger partial charge on any atom is 0.172 e. The van der Waals surface area contributed by atoms with E-state index in [1.807, 2.05) is 36.4 Å². The molecule has 3 N–H and O–H groups in total. The fourth-order valence-electron chi connectivity index (χ4n) is 4.97. The van der Waals surface area contributed by atoms with Gasteiger partial charge in [0.1, 0.15) is 11.5 Å². The van der Waals surface area contributed by atoms with Crippen LogP contribution in [0.15, 0.2) is 91.0 Å². The van der Waals surface area contributed by atoms with Gasteiger partial charge in [-0.15, -0.1) is 0 Å². The third kappa shape index (κ3) is 4.09. The van der Waals surface area contributed by atoms with Crippen LogP contribution in [0.3, 0.4) is 0 Å². The Bertz CT molecular complexity index is 1330. The number of hydrogen-bond donors (Lipinski definition) is 3. The summed E-state index contributed by atoms with van der Waals surface area (Å²) in [5.41, 5.74) is 5.67. The van der Waals surface area contributed by atoms with Crippen LogP contribution in [0.1, 0.15) is 32.6 Å². The molecule has 0 saturated heterocycles. The van der Waals surface area contributed by atoms with Gasteiger partial charge in [-0.3, -0.25) is 4.79 Å². The normalized spacial score (nSPS) is 17.0. The number of rotatable bonds is 6. The summed E-state index contributed by atoms with van der Waals surface area (Å²) in [6, 6.07) is 28.0. The highest BCUT2D eigenvalue weighted by atomic mass is 16.3. The van der Waals surface area contributed by atoms with Gasteiger partial charge >= 0.3 is 0 Å². The highest BCUT2D eigenvalue weighted by Gasteiger charge is 2.46. The molecule has 0 heterocycles. The van der Waals surface area contributed by atoms with Gasteiger partial charge in [-0.2, -0.15) is 0 Å². The first kappa shape index (κ1) is 21.9. The third-order valence-electron chi connectivity index (χ3n) is 6.80. The van der Waals surface area contributed by atoms with Gasteiger partial charge in [-0.1, -0.05) is 60.7 Å². The molecule has 4 heteroatoms. The molecule has 1 aliphatic carbocycles. The lowest BCUT2D eigenvalue weighted by Gasteiger charge is -2.25. The second-order valence-corrected chi connectivity index (χ2v) is 9.16. The summed E-state index contributed by atoms with van der Waals surface area (Å²) in [5, 5.41) is 29.8. The first-order chi connectivity index (χ1) is 16.5. The smallest absolute Gasteiger partial charge is 0.172 e. The van der Waals surface area contributed by atoms with Crippen LogP contribution in [0.5, 0.6) is 11.5 Å². The molecule has 1 unspecified atom stereocenters. The van der Waals surface area contributed by atoms with Crippen LogP contribution in [0.4, 0.5) is 0 Å². The largest absolute Gasteiger partial charge is 0.508 e. The van der Waals surface area contributed by atoms with Crippen molar-refractivity contribution in [3.8, 4) is 22.6 Å². The zero-order valence-corrected chi connectivity index (χ0v) is 18.7. The van der Waals surface area contributed by atoms with Crippen LogP contribution in [-0.4, -0.2) is 27.7 Å². The fraction of sp³-hybridized carbons (Fsp3) is 0.167. The summed E-state index contributed by atoms with van der Waals surface area (Å²) < 4.78 is 0. The molecule has 34 heavy (non-hydrogen) atoms. The number of aliphatic hydroxyl groups is 1. The molecule has 0 spiro atoms. The van der Waals surface area contributed by atoms with Crippen molar-refractivity contribution in [3.63, 3.8) is 0 Å². The zero-order chi connectivity index (χ0) is 23.7. The van der Waals surface area contributed by atoms with E-state index >= 15 is 0 Å². The van der Waals surface area contributed by atoms with Gasteiger partial charge in [0, 0.05) is 5.56 Å². The first-order valence-corrected chi connectivity index (χ1v) is 11.4. The van der Waals surface area contributed by atoms with E-state index < -0.39 is 5.41 Å². The monoisotopic (exact) mass is 450 g/mol. The second-order valence-electron chi connectivity index (χ2n) is 9.16. The average molecular weight is 451 g/mol. The van der Waals surface area contributed by atoms with Crippen molar-refractivity contribution in [3.05, 3.63) is 119 Å². The number of carbonyl (C=O) groups is 1. The zero-order valence-electron chi connectivity index (χ0n) is 18.7. The molecule has 1 atom stereocenters. The predicted octanol–water partition coefficient (Wildman–Crippen LogP) is 5.32. The van der Waals surface area contributed by atoms with E-state index in [-0.39, 0.29) is 23.9 Å². The van der Waals surface area contributed by atoms with Gasteiger partial charge in [0.2, 0.25) is 0 Å². The Morgan fingerprint density at radius 1 is 0.735 bits per heavy atom. The van der Waals surface area contributed by atoms with Crippen molar-refractivity contribution in [1.29, 1.82) is 0 Å². The molecular formula is C30H26O4. The SMILES string of the molecule is O=C1c2cc(-c3ccc(O)cc3)cc(Cc3ccccc3)c2CC1(CO)Cc1ccc(O)cc1. The summed E-state index contributed by atoms with van der Waals surface area (Å²) in [5.74, 6) is 0.318. The Morgan fingerprint density at radius 3 is 2.03 bits per heavy atom. The molecule has 1 aliphatic rings. The summed E-state index contributed by atoms with van der Waals surface area (Å²) in [4.78, 5) is 13.8. The topological polar surface area (TPSA) is 77.8 Å². The minimum Gasteiger partial charge on any atom is -0.508 e. The number of phenols is 2. The van der Waals surface area contributed by atoms with Crippen LogP contribution in [-0.2, 0) is 19.3 Å². The fourth-order valence-corrected chi connectivity index (χ4v) is 4.97. The molecule has 5 rings (SSSR count). The average Bonchev–Trinajstić information content (AvgIpc) is 3.14. The van der Waals surface area contributed by atoms with Crippen molar-refractivity contribution >= 4 is 5.78 Å². The number of carbonyl (C=O) groups excluding carboxylic acids is 1. The number of Topliss-reactive ketones (excluding diaryl/α,β-unsaturated/α-hetero) is 1. The summed E-state index contributed by atoms with van der Waals surface area (Å²) in [7, 11) is 0. The molecule has 0 fully saturated rings. The van der Waals surface area contributed by atoms with E-state index in [1.165, 1.54) is 0 Å². The van der Waals surface area contributed by atoms with E-state index in [4.69, 9.17) is 0 Å². The molecular weight excluding hydrogens is 424 g/mol. The highest BCUT2D eigenvalue weighted by molar-refractivity contribution is 6.06. The van der Waals surface area contributed by atoms with E-state index in [1.54, 1.807) is 36.4 Å². The van der Waals surface area contributed by atoms with E-state index in [0.717, 1.165) is 33.4 Å². The quantitative estimate of drug-likeness (QED) is 0.372. The second kappa shape index (κ2) is 8.81. The van der Waals surface area contributed by atoms with E-state index in [0.29, 0.717) is 24.8 Å². The maximum atomic E-state index is 13.8. The third-order valence-corrected chi connectivity index (χ3v) is 6.80. The van der Waals surface area contributed by atoms with Gasteiger partial charge in [-0.25, -0.2) is 0 Å². The maximum absolute atomic E-state index is 13.8. The van der Waals surface area contributed by atoms with Crippen LogP contribution >= 0.6 is 0 Å². The van der Waals surface area contributed by atoms with Crippen LogP contribution in [0.2, 0.25) is 0 Å². The summed E-state index contributed by atoms with van der Waals surface area (Å²) in [6.45, 7) is -0.249. The van der Waals surface area contributed by atoms with Gasteiger partial charge in [0.15, 0.2) is 5.78 Å². The van der Waals surface area contributed by atoms with Crippen molar-refractivity contribution in [2.24, 2.45) is 5.41 Å². The van der Waals surface area contributed by atoms with E-state index in [2.05, 4.69) is 18.2 Å². The highest BCUT2D eigenvalue weighted by Crippen LogP contribution is 2.43. The Labute approximate surface area is 198 Å². The number of benzene rings is 4. The lowest BCUT2D eigenvalue weighted by molar-refractivity contribution is 0.0677. The molecule has 170 valence electrons. The Morgan fingerprint density at radius 2 is 1.38 bits per heavy atom. The molecule has 0 bridgehead atoms. The Balaban J connectivity index is 1.60. The lowest BCUT2D eigenvalue weighted by Crippen LogP contribution is -2.34. The minimum atomic E-state index is -0.932. The van der Waals surface area contributed by atoms with E-state index in [9.17, 15) is 20.1 Å². The van der Waals surface area contributed by atoms with Gasteiger partial charge in [-0.05, 0) is 83.0 Å². The van der Waals surface area contributed by atoms with Gasteiger partial charge in [0.05, 0.1) is 12.0 Å². The van der Waals surface area contributed by atoms with Crippen LogP contribution < -0.4 is 0 Å². The molecule has 0 radical (unpaired) electrons. The van der Waals surface area contributed by atoms with Crippen LogP contribution in [0, 0.1) is 5.41 Å². The van der Waals surface area contributed by atoms with Crippen molar-refractivity contribution in [1.82, 2.24) is 0 Å². The number of phenolic OH excluding ortho intramolecular Hbond substituents is 2. The number of aliphatic hydroxyl groups excluding tert-OH is 1.